The van der Waals surface area contributed by atoms with Gasteiger partial charge in [-0.05, 0) is 30.7 Å². The first kappa shape index (κ1) is 23.6. The standard InChI is InChI=1S/C15H28N4O2S2.HI/c1-12(2)6-4-7-13(3)19-15(16)17-9-10-18-23(20,21)14-8-5-11-22-14;/h5,8,11-13,18H,4,6-7,9-10H2,1-3H3,(H3,16,17,19);1H. The third kappa shape index (κ3) is 9.80. The van der Waals surface area contributed by atoms with Gasteiger partial charge >= 0.3 is 0 Å². The molecule has 9 heteroatoms. The van der Waals surface area contributed by atoms with Gasteiger partial charge in [0, 0.05) is 12.6 Å². The van der Waals surface area contributed by atoms with Crippen LogP contribution in [0.4, 0.5) is 0 Å². The lowest BCUT2D eigenvalue weighted by Gasteiger charge is -2.15. The van der Waals surface area contributed by atoms with Crippen molar-refractivity contribution in [2.75, 3.05) is 13.1 Å². The molecule has 140 valence electrons. The Bertz CT molecular complexity index is 574. The largest absolute Gasteiger partial charge is 0.370 e. The van der Waals surface area contributed by atoms with Crippen molar-refractivity contribution in [1.29, 1.82) is 0 Å². The summed E-state index contributed by atoms with van der Waals surface area (Å²) < 4.78 is 26.6. The Morgan fingerprint density at radius 2 is 2.04 bits per heavy atom. The van der Waals surface area contributed by atoms with E-state index in [1.54, 1.807) is 17.5 Å². The van der Waals surface area contributed by atoms with Gasteiger partial charge in [0.05, 0.1) is 6.54 Å². The molecule has 1 rings (SSSR count). The van der Waals surface area contributed by atoms with Crippen molar-refractivity contribution in [2.24, 2.45) is 16.6 Å². The van der Waals surface area contributed by atoms with Crippen LogP contribution in [0, 0.1) is 5.92 Å². The second kappa shape index (κ2) is 12.0. The molecular formula is C15H29IN4O2S2. The summed E-state index contributed by atoms with van der Waals surface area (Å²) in [5, 5.41) is 4.86. The maximum absolute atomic E-state index is 11.9. The van der Waals surface area contributed by atoms with Gasteiger partial charge in [-0.2, -0.15) is 0 Å². The first-order valence-electron chi connectivity index (χ1n) is 7.91. The molecule has 4 N–H and O–H groups in total. The van der Waals surface area contributed by atoms with Crippen molar-refractivity contribution in [1.82, 2.24) is 10.0 Å². The molecule has 1 unspecified atom stereocenters. The summed E-state index contributed by atoms with van der Waals surface area (Å²) in [4.78, 5) is 4.15. The summed E-state index contributed by atoms with van der Waals surface area (Å²) in [6, 6.07) is 3.55. The third-order valence-electron chi connectivity index (χ3n) is 3.26. The molecule has 1 aromatic heterocycles. The summed E-state index contributed by atoms with van der Waals surface area (Å²) in [5.41, 5.74) is 5.81. The van der Waals surface area contributed by atoms with Gasteiger partial charge in [0.25, 0.3) is 0 Å². The first-order valence-corrected chi connectivity index (χ1v) is 10.3. The highest BCUT2D eigenvalue weighted by atomic mass is 127. The predicted octanol–water partition coefficient (Wildman–Crippen LogP) is 2.76. The molecule has 0 aliphatic carbocycles. The second-order valence-electron chi connectivity index (χ2n) is 5.97. The average molecular weight is 488 g/mol. The van der Waals surface area contributed by atoms with Crippen LogP contribution in [0.1, 0.15) is 40.0 Å². The van der Waals surface area contributed by atoms with E-state index in [1.165, 1.54) is 17.8 Å². The molecule has 0 bridgehead atoms. The molecule has 0 spiro atoms. The minimum atomic E-state index is -3.42. The van der Waals surface area contributed by atoms with Gasteiger partial charge in [0.15, 0.2) is 5.96 Å². The van der Waals surface area contributed by atoms with E-state index in [4.69, 9.17) is 5.73 Å². The monoisotopic (exact) mass is 488 g/mol. The summed E-state index contributed by atoms with van der Waals surface area (Å²) >= 11 is 1.19. The summed E-state index contributed by atoms with van der Waals surface area (Å²) in [6.07, 6.45) is 3.40. The molecule has 0 radical (unpaired) electrons. The molecule has 0 saturated heterocycles. The molecule has 6 nitrogen and oxygen atoms in total. The number of aliphatic imine (C=N–C) groups is 1. The third-order valence-corrected chi connectivity index (χ3v) is 6.12. The molecule has 0 aliphatic heterocycles. The summed E-state index contributed by atoms with van der Waals surface area (Å²) in [5.74, 6) is 1.07. The molecule has 1 heterocycles. The molecule has 0 fully saturated rings. The van der Waals surface area contributed by atoms with E-state index in [1.807, 2.05) is 0 Å². The zero-order chi connectivity index (χ0) is 17.3. The zero-order valence-corrected chi connectivity index (χ0v) is 18.5. The van der Waals surface area contributed by atoms with Crippen LogP contribution in [0.15, 0.2) is 26.7 Å². The van der Waals surface area contributed by atoms with Crippen LogP contribution >= 0.6 is 35.3 Å². The van der Waals surface area contributed by atoms with Gasteiger partial charge in [-0.25, -0.2) is 13.1 Å². The van der Waals surface area contributed by atoms with Gasteiger partial charge in [-0.15, -0.1) is 35.3 Å². The van der Waals surface area contributed by atoms with Crippen molar-refractivity contribution in [3.8, 4) is 0 Å². The van der Waals surface area contributed by atoms with Gasteiger partial charge in [-0.1, -0.05) is 32.8 Å². The van der Waals surface area contributed by atoms with Crippen LogP contribution in [-0.2, 0) is 10.0 Å². The van der Waals surface area contributed by atoms with Gasteiger partial charge in [0.1, 0.15) is 4.21 Å². The highest BCUT2D eigenvalue weighted by Crippen LogP contribution is 2.14. The molecule has 24 heavy (non-hydrogen) atoms. The van der Waals surface area contributed by atoms with E-state index in [0.29, 0.717) is 22.6 Å². The Kier molecular flexibility index (Phi) is 11.8. The number of hydrogen-bond donors (Lipinski definition) is 3. The normalized spacial score (nSPS) is 13.6. The van der Waals surface area contributed by atoms with E-state index < -0.39 is 10.0 Å². The first-order chi connectivity index (χ1) is 10.8. The van der Waals surface area contributed by atoms with E-state index in [0.717, 1.165) is 12.8 Å². The lowest BCUT2D eigenvalue weighted by Crippen LogP contribution is -2.39. The lowest BCUT2D eigenvalue weighted by molar-refractivity contribution is 0.493. The molecule has 0 amide bonds. The molecule has 1 atom stereocenters. The Labute approximate surface area is 166 Å². The number of nitrogens with one attached hydrogen (secondary N) is 2. The number of guanidine groups is 1. The number of rotatable bonds is 10. The van der Waals surface area contributed by atoms with Crippen LogP contribution in [0.3, 0.4) is 0 Å². The fraction of sp³-hybridized carbons (Fsp3) is 0.667. The minimum Gasteiger partial charge on any atom is -0.370 e. The van der Waals surface area contributed by atoms with Gasteiger partial charge in [-0.3, -0.25) is 4.99 Å². The quantitative estimate of drug-likeness (QED) is 0.204. The number of halogens is 1. The van der Waals surface area contributed by atoms with E-state index in [-0.39, 0.29) is 36.6 Å². The fourth-order valence-corrected chi connectivity index (χ4v) is 4.10. The van der Waals surface area contributed by atoms with E-state index in [2.05, 4.69) is 35.8 Å². The maximum atomic E-state index is 11.9. The summed E-state index contributed by atoms with van der Waals surface area (Å²) in [6.45, 7) is 7.03. The molecule has 0 saturated carbocycles. The number of sulfonamides is 1. The van der Waals surface area contributed by atoms with Crippen LogP contribution in [0.2, 0.25) is 0 Å². The highest BCUT2D eigenvalue weighted by Gasteiger charge is 2.13. The van der Waals surface area contributed by atoms with Crippen molar-refractivity contribution in [3.05, 3.63) is 17.5 Å². The van der Waals surface area contributed by atoms with E-state index in [9.17, 15) is 8.42 Å². The van der Waals surface area contributed by atoms with Crippen LogP contribution in [0.5, 0.6) is 0 Å². The van der Waals surface area contributed by atoms with Crippen LogP contribution < -0.4 is 15.8 Å². The lowest BCUT2D eigenvalue weighted by atomic mass is 10.0. The SMILES string of the molecule is CC(C)CCCC(C)NC(N)=NCCNS(=O)(=O)c1cccs1.I. The Morgan fingerprint density at radius 3 is 2.62 bits per heavy atom. The fourth-order valence-electron chi connectivity index (χ4n) is 2.05. The van der Waals surface area contributed by atoms with Gasteiger partial charge in [0.2, 0.25) is 10.0 Å². The minimum absolute atomic E-state index is 0. The number of nitrogens with zero attached hydrogens (tertiary/aromatic N) is 1. The highest BCUT2D eigenvalue weighted by molar-refractivity contribution is 14.0. The smallest absolute Gasteiger partial charge is 0.250 e. The molecular weight excluding hydrogens is 459 g/mol. The van der Waals surface area contributed by atoms with E-state index >= 15 is 0 Å². The second-order valence-corrected chi connectivity index (χ2v) is 8.91. The van der Waals surface area contributed by atoms with Crippen LogP contribution in [0.25, 0.3) is 0 Å². The van der Waals surface area contributed by atoms with Gasteiger partial charge < -0.3 is 11.1 Å². The van der Waals surface area contributed by atoms with Crippen LogP contribution in [-0.4, -0.2) is 33.5 Å². The number of thiophene rings is 1. The predicted molar refractivity (Wildman–Crippen MR) is 113 cm³/mol. The average Bonchev–Trinajstić information content (AvgIpc) is 2.98. The number of nitrogens with two attached hydrogens (primary N) is 1. The topological polar surface area (TPSA) is 96.6 Å². The Balaban J connectivity index is 0.00000529. The van der Waals surface area contributed by atoms with Crippen molar-refractivity contribution < 1.29 is 8.42 Å². The van der Waals surface area contributed by atoms with Crippen molar-refractivity contribution in [3.63, 3.8) is 0 Å². The molecule has 0 aromatic carbocycles. The zero-order valence-electron chi connectivity index (χ0n) is 14.5. The number of hydrogen-bond acceptors (Lipinski definition) is 4. The maximum Gasteiger partial charge on any atom is 0.250 e. The molecule has 0 aliphatic rings. The van der Waals surface area contributed by atoms with Crippen molar-refractivity contribution in [2.45, 2.75) is 50.3 Å². The Hall–Kier alpha value is -0.390. The van der Waals surface area contributed by atoms with Crippen molar-refractivity contribution >= 4 is 51.3 Å². The Morgan fingerprint density at radius 1 is 1.33 bits per heavy atom. The molecule has 1 aromatic rings. The summed E-state index contributed by atoms with van der Waals surface area (Å²) in [7, 11) is -3.42.